The molecular weight excluding hydrogens is 268 g/mol. The molecule has 1 unspecified atom stereocenters. The topological polar surface area (TPSA) is 69.6 Å². The van der Waals surface area contributed by atoms with E-state index in [1.807, 2.05) is 32.0 Å². The van der Waals surface area contributed by atoms with Gasteiger partial charge in [-0.25, -0.2) is 0 Å². The molecule has 1 aliphatic rings. The molecule has 0 aromatic heterocycles. The Morgan fingerprint density at radius 3 is 2.62 bits per heavy atom. The first-order valence-corrected chi connectivity index (χ1v) is 7.24. The lowest BCUT2D eigenvalue weighted by molar-refractivity contribution is -0.143. The molecule has 5 heteroatoms. The highest BCUT2D eigenvalue weighted by molar-refractivity contribution is 5.93. The van der Waals surface area contributed by atoms with Crippen molar-refractivity contribution in [2.45, 2.75) is 45.7 Å². The predicted molar refractivity (Wildman–Crippen MR) is 81.4 cm³/mol. The van der Waals surface area contributed by atoms with Crippen molar-refractivity contribution in [3.8, 4) is 0 Å². The van der Waals surface area contributed by atoms with Gasteiger partial charge in [-0.15, -0.1) is 0 Å². The van der Waals surface area contributed by atoms with Gasteiger partial charge in [0.25, 0.3) is 0 Å². The van der Waals surface area contributed by atoms with Gasteiger partial charge in [-0.1, -0.05) is 12.1 Å². The Hall–Kier alpha value is -1.88. The van der Waals surface area contributed by atoms with E-state index in [1.54, 1.807) is 11.8 Å². The molecule has 0 heterocycles. The average molecular weight is 290 g/mol. The van der Waals surface area contributed by atoms with Crippen molar-refractivity contribution >= 4 is 17.6 Å². The molecule has 0 bridgehead atoms. The molecule has 0 spiro atoms. The van der Waals surface area contributed by atoms with Crippen molar-refractivity contribution in [2.24, 2.45) is 0 Å². The van der Waals surface area contributed by atoms with Gasteiger partial charge in [0.1, 0.15) is 6.04 Å². The number of nitrogens with zero attached hydrogens (tertiary/aromatic N) is 1. The Kier molecular flexibility index (Phi) is 4.63. The Balaban J connectivity index is 2.02. The second-order valence-electron chi connectivity index (χ2n) is 5.78. The molecule has 114 valence electrons. The van der Waals surface area contributed by atoms with Gasteiger partial charge < -0.3 is 10.4 Å². The first kappa shape index (κ1) is 15.5. The lowest BCUT2D eigenvalue weighted by Gasteiger charge is -2.25. The molecule has 21 heavy (non-hydrogen) atoms. The zero-order valence-electron chi connectivity index (χ0n) is 12.7. The quantitative estimate of drug-likeness (QED) is 0.842. The Labute approximate surface area is 125 Å². The largest absolute Gasteiger partial charge is 0.480 e. The molecule has 2 rings (SSSR count). The fourth-order valence-electron chi connectivity index (χ4n) is 2.36. The third kappa shape index (κ3) is 4.04. The van der Waals surface area contributed by atoms with Gasteiger partial charge in [0.2, 0.25) is 5.91 Å². The minimum atomic E-state index is -0.888. The number of carbonyl (C=O) groups is 2. The van der Waals surface area contributed by atoms with Crippen molar-refractivity contribution in [3.05, 3.63) is 29.3 Å². The Morgan fingerprint density at radius 2 is 2.05 bits per heavy atom. The average Bonchev–Trinajstić information content (AvgIpc) is 3.23. The van der Waals surface area contributed by atoms with Crippen LogP contribution in [0.2, 0.25) is 0 Å². The highest BCUT2D eigenvalue weighted by Crippen LogP contribution is 2.28. The summed E-state index contributed by atoms with van der Waals surface area (Å²) in [5, 5.41) is 12.0. The van der Waals surface area contributed by atoms with E-state index in [9.17, 15) is 9.59 Å². The third-order valence-electron chi connectivity index (χ3n) is 3.86. The van der Waals surface area contributed by atoms with Crippen LogP contribution in [-0.4, -0.2) is 40.5 Å². The van der Waals surface area contributed by atoms with Gasteiger partial charge >= 0.3 is 5.97 Å². The number of nitrogens with one attached hydrogen (secondary N) is 1. The van der Waals surface area contributed by atoms with Crippen molar-refractivity contribution in [2.75, 3.05) is 11.9 Å². The number of benzene rings is 1. The number of amides is 1. The van der Waals surface area contributed by atoms with Crippen LogP contribution in [0.5, 0.6) is 0 Å². The van der Waals surface area contributed by atoms with Crippen molar-refractivity contribution in [1.29, 1.82) is 0 Å². The minimum Gasteiger partial charge on any atom is -0.480 e. The zero-order valence-corrected chi connectivity index (χ0v) is 12.7. The van der Waals surface area contributed by atoms with E-state index in [-0.39, 0.29) is 18.5 Å². The molecule has 5 nitrogen and oxygen atoms in total. The Morgan fingerprint density at radius 1 is 1.38 bits per heavy atom. The number of aryl methyl sites for hydroxylation is 2. The lowest BCUT2D eigenvalue weighted by Crippen LogP contribution is -2.44. The van der Waals surface area contributed by atoms with Crippen molar-refractivity contribution < 1.29 is 14.7 Å². The summed E-state index contributed by atoms with van der Waals surface area (Å²) in [6, 6.07) is 5.47. The number of aliphatic carboxylic acids is 1. The molecule has 1 aliphatic carbocycles. The van der Waals surface area contributed by atoms with Crippen LogP contribution in [0.1, 0.15) is 30.9 Å². The summed E-state index contributed by atoms with van der Waals surface area (Å²) in [4.78, 5) is 25.1. The summed E-state index contributed by atoms with van der Waals surface area (Å²) in [6.45, 7) is 5.66. The normalized spacial score (nSPS) is 15.8. The fourth-order valence-corrected chi connectivity index (χ4v) is 2.36. The maximum atomic E-state index is 12.2. The lowest BCUT2D eigenvalue weighted by atomic mass is 10.1. The molecule has 1 aromatic carbocycles. The number of carboxylic acids is 1. The summed E-state index contributed by atoms with van der Waals surface area (Å²) >= 11 is 0. The number of anilines is 1. The monoisotopic (exact) mass is 290 g/mol. The van der Waals surface area contributed by atoms with Crippen LogP contribution in [0.25, 0.3) is 0 Å². The van der Waals surface area contributed by atoms with Gasteiger partial charge in [0.05, 0.1) is 6.54 Å². The van der Waals surface area contributed by atoms with E-state index in [0.717, 1.165) is 29.7 Å². The maximum Gasteiger partial charge on any atom is 0.320 e. The molecule has 1 atom stereocenters. The summed E-state index contributed by atoms with van der Waals surface area (Å²) < 4.78 is 0. The van der Waals surface area contributed by atoms with Crippen LogP contribution in [0, 0.1) is 13.8 Å². The van der Waals surface area contributed by atoms with Crippen LogP contribution >= 0.6 is 0 Å². The van der Waals surface area contributed by atoms with Gasteiger partial charge in [-0.05, 0) is 50.8 Å². The van der Waals surface area contributed by atoms with Crippen molar-refractivity contribution in [3.63, 3.8) is 0 Å². The summed E-state index contributed by atoms with van der Waals surface area (Å²) in [5.41, 5.74) is 2.87. The van der Waals surface area contributed by atoms with Crippen LogP contribution in [0.3, 0.4) is 0 Å². The number of rotatable bonds is 6. The number of carboxylic acid groups (broad SMARTS) is 1. The van der Waals surface area contributed by atoms with E-state index in [4.69, 9.17) is 5.11 Å². The SMILES string of the molecule is Cc1ccc(C)c(NC(=O)CN(C2CC2)C(C)C(=O)O)c1. The van der Waals surface area contributed by atoms with E-state index in [2.05, 4.69) is 5.32 Å². The van der Waals surface area contributed by atoms with Gasteiger partial charge in [0.15, 0.2) is 0 Å². The molecule has 1 amide bonds. The molecule has 1 aromatic rings. The third-order valence-corrected chi connectivity index (χ3v) is 3.86. The predicted octanol–water partition coefficient (Wildman–Crippen LogP) is 2.18. The standard InChI is InChI=1S/C16H22N2O3/c1-10-4-5-11(2)14(8-10)17-15(19)9-18(13-6-7-13)12(3)16(20)21/h4-5,8,12-13H,6-7,9H2,1-3H3,(H,17,19)(H,20,21). The summed E-state index contributed by atoms with van der Waals surface area (Å²) in [5.74, 6) is -1.05. The number of carbonyl (C=O) groups excluding carboxylic acids is 1. The zero-order chi connectivity index (χ0) is 15.6. The molecule has 0 saturated heterocycles. The number of hydrogen-bond acceptors (Lipinski definition) is 3. The first-order valence-electron chi connectivity index (χ1n) is 7.24. The van der Waals surface area contributed by atoms with Crippen LogP contribution in [0.4, 0.5) is 5.69 Å². The number of hydrogen-bond donors (Lipinski definition) is 2. The van der Waals surface area contributed by atoms with Crippen LogP contribution < -0.4 is 5.32 Å². The molecule has 0 aliphatic heterocycles. The summed E-state index contributed by atoms with van der Waals surface area (Å²) in [7, 11) is 0. The second kappa shape index (κ2) is 6.26. The van der Waals surface area contributed by atoms with Gasteiger partial charge in [0, 0.05) is 11.7 Å². The van der Waals surface area contributed by atoms with Crippen LogP contribution in [-0.2, 0) is 9.59 Å². The molecular formula is C16H22N2O3. The van der Waals surface area contributed by atoms with Gasteiger partial charge in [-0.3, -0.25) is 14.5 Å². The Bertz CT molecular complexity index is 552. The van der Waals surface area contributed by atoms with Gasteiger partial charge in [-0.2, -0.15) is 0 Å². The first-order chi connectivity index (χ1) is 9.88. The molecule has 2 N–H and O–H groups in total. The van der Waals surface area contributed by atoms with E-state index in [1.165, 1.54) is 0 Å². The van der Waals surface area contributed by atoms with Crippen molar-refractivity contribution in [1.82, 2.24) is 4.90 Å². The molecule has 1 fully saturated rings. The maximum absolute atomic E-state index is 12.2. The van der Waals surface area contributed by atoms with Crippen LogP contribution in [0.15, 0.2) is 18.2 Å². The van der Waals surface area contributed by atoms with E-state index < -0.39 is 12.0 Å². The molecule has 1 saturated carbocycles. The summed E-state index contributed by atoms with van der Waals surface area (Å²) in [6.07, 6.45) is 1.93. The second-order valence-corrected chi connectivity index (χ2v) is 5.78. The molecule has 0 radical (unpaired) electrons. The smallest absolute Gasteiger partial charge is 0.320 e. The fraction of sp³-hybridized carbons (Fsp3) is 0.500. The highest BCUT2D eigenvalue weighted by Gasteiger charge is 2.36. The minimum absolute atomic E-state index is 0.117. The highest BCUT2D eigenvalue weighted by atomic mass is 16.4. The van der Waals surface area contributed by atoms with E-state index in [0.29, 0.717) is 0 Å². The van der Waals surface area contributed by atoms with E-state index >= 15 is 0 Å².